The van der Waals surface area contributed by atoms with E-state index < -0.39 is 5.91 Å². The van der Waals surface area contributed by atoms with Gasteiger partial charge in [0.15, 0.2) is 11.5 Å². The van der Waals surface area contributed by atoms with Gasteiger partial charge in [-0.1, -0.05) is 24.3 Å². The largest absolute Gasteiger partial charge is 0.454 e. The number of benzene rings is 3. The Bertz CT molecular complexity index is 1350. The molecule has 0 atom stereocenters. The molecule has 2 amide bonds. The standard InChI is InChI=1S/C27H26N4O4/c1-16(25-21-9-6-19(26(28)32)12-22(21)30-27(25)33)29-20-7-3-17(4-8-20)13-31(2)14-18-5-10-23-24(11-18)35-15-34-23/h3-12,29H,13-15H2,1-2H3,(H2,28,32)(H,30,33)/b25-16-. The van der Waals surface area contributed by atoms with Crippen molar-refractivity contribution in [1.29, 1.82) is 0 Å². The number of amides is 2. The van der Waals surface area contributed by atoms with Gasteiger partial charge in [0.2, 0.25) is 12.7 Å². The second-order valence-corrected chi connectivity index (χ2v) is 8.76. The minimum absolute atomic E-state index is 0.214. The number of nitrogens with zero attached hydrogens (tertiary/aromatic N) is 1. The second kappa shape index (κ2) is 9.15. The average molecular weight is 471 g/mol. The zero-order valence-corrected chi connectivity index (χ0v) is 19.6. The van der Waals surface area contributed by atoms with Crippen LogP contribution in [0.4, 0.5) is 11.4 Å². The number of carbonyl (C=O) groups excluding carboxylic acids is 2. The molecule has 0 unspecified atom stereocenters. The highest BCUT2D eigenvalue weighted by Gasteiger charge is 2.27. The Hall–Kier alpha value is -4.30. The van der Waals surface area contributed by atoms with E-state index in [2.05, 4.69) is 40.8 Å². The summed E-state index contributed by atoms with van der Waals surface area (Å²) < 4.78 is 10.8. The van der Waals surface area contributed by atoms with Crippen molar-refractivity contribution < 1.29 is 19.1 Å². The molecule has 0 aliphatic carbocycles. The normalized spacial score (nSPS) is 15.1. The molecule has 2 aliphatic heterocycles. The first-order valence-corrected chi connectivity index (χ1v) is 11.3. The van der Waals surface area contributed by atoms with Gasteiger partial charge in [0, 0.05) is 41.3 Å². The molecule has 4 N–H and O–H groups in total. The molecule has 0 bridgehead atoms. The number of nitrogens with two attached hydrogens (primary N) is 1. The van der Waals surface area contributed by atoms with Crippen LogP contribution >= 0.6 is 0 Å². The third kappa shape index (κ3) is 4.69. The van der Waals surface area contributed by atoms with Crippen LogP contribution in [0.5, 0.6) is 11.5 Å². The summed E-state index contributed by atoms with van der Waals surface area (Å²) in [5, 5.41) is 6.13. The summed E-state index contributed by atoms with van der Waals surface area (Å²) in [6.45, 7) is 3.71. The predicted molar refractivity (Wildman–Crippen MR) is 134 cm³/mol. The lowest BCUT2D eigenvalue weighted by Crippen LogP contribution is -2.17. The van der Waals surface area contributed by atoms with Crippen LogP contribution in [0.25, 0.3) is 5.57 Å². The van der Waals surface area contributed by atoms with Crippen LogP contribution in [0.1, 0.15) is 34.0 Å². The number of primary amides is 1. The molecule has 3 aromatic rings. The molecule has 0 fully saturated rings. The monoisotopic (exact) mass is 470 g/mol. The lowest BCUT2D eigenvalue weighted by atomic mass is 10.0. The van der Waals surface area contributed by atoms with Crippen molar-refractivity contribution in [1.82, 2.24) is 4.90 Å². The molecule has 0 spiro atoms. The van der Waals surface area contributed by atoms with Gasteiger partial charge in [-0.2, -0.15) is 0 Å². The Morgan fingerprint density at radius 3 is 2.49 bits per heavy atom. The van der Waals surface area contributed by atoms with Gasteiger partial charge >= 0.3 is 0 Å². The van der Waals surface area contributed by atoms with Crippen LogP contribution in [-0.4, -0.2) is 30.6 Å². The Balaban J connectivity index is 1.24. The van der Waals surface area contributed by atoms with Gasteiger partial charge in [0.05, 0.1) is 5.57 Å². The first kappa shape index (κ1) is 22.5. The van der Waals surface area contributed by atoms with E-state index in [0.29, 0.717) is 16.8 Å². The molecule has 0 radical (unpaired) electrons. The highest BCUT2D eigenvalue weighted by molar-refractivity contribution is 6.32. The van der Waals surface area contributed by atoms with Gasteiger partial charge in [-0.05, 0) is 61.5 Å². The molecule has 2 aliphatic rings. The lowest BCUT2D eigenvalue weighted by molar-refractivity contribution is -0.110. The van der Waals surface area contributed by atoms with E-state index in [1.54, 1.807) is 18.2 Å². The zero-order chi connectivity index (χ0) is 24.5. The number of nitrogens with one attached hydrogen (secondary N) is 2. The van der Waals surface area contributed by atoms with E-state index in [4.69, 9.17) is 15.2 Å². The van der Waals surface area contributed by atoms with Crippen molar-refractivity contribution in [2.24, 2.45) is 5.73 Å². The van der Waals surface area contributed by atoms with Crippen molar-refractivity contribution in [2.45, 2.75) is 20.0 Å². The molecular formula is C27H26N4O4. The molecule has 2 heterocycles. The summed E-state index contributed by atoms with van der Waals surface area (Å²) in [4.78, 5) is 26.3. The fourth-order valence-corrected chi connectivity index (χ4v) is 4.39. The Morgan fingerprint density at radius 1 is 1.00 bits per heavy atom. The first-order valence-electron chi connectivity index (χ1n) is 11.3. The van der Waals surface area contributed by atoms with Crippen LogP contribution in [0.2, 0.25) is 0 Å². The number of ether oxygens (including phenoxy) is 2. The summed E-state index contributed by atoms with van der Waals surface area (Å²) in [5.41, 5.74) is 11.5. The maximum atomic E-state index is 12.6. The van der Waals surface area contributed by atoms with Crippen LogP contribution in [0, 0.1) is 0 Å². The van der Waals surface area contributed by atoms with Gasteiger partial charge in [-0.3, -0.25) is 14.5 Å². The average Bonchev–Trinajstić information content (AvgIpc) is 3.42. The zero-order valence-electron chi connectivity index (χ0n) is 19.6. The van der Waals surface area contributed by atoms with Gasteiger partial charge in [-0.15, -0.1) is 0 Å². The highest BCUT2D eigenvalue weighted by Crippen LogP contribution is 2.35. The summed E-state index contributed by atoms with van der Waals surface area (Å²) in [5.74, 6) is 0.839. The van der Waals surface area contributed by atoms with Crippen LogP contribution in [0.3, 0.4) is 0 Å². The first-order chi connectivity index (χ1) is 16.9. The molecule has 0 saturated heterocycles. The molecule has 0 saturated carbocycles. The van der Waals surface area contributed by atoms with Crippen LogP contribution < -0.4 is 25.8 Å². The minimum atomic E-state index is -0.532. The second-order valence-electron chi connectivity index (χ2n) is 8.76. The molecular weight excluding hydrogens is 444 g/mol. The third-order valence-corrected chi connectivity index (χ3v) is 6.05. The molecule has 35 heavy (non-hydrogen) atoms. The summed E-state index contributed by atoms with van der Waals surface area (Å²) in [6.07, 6.45) is 0. The third-order valence-electron chi connectivity index (χ3n) is 6.05. The topological polar surface area (TPSA) is 106 Å². The Labute approximate surface area is 203 Å². The molecule has 8 heteroatoms. The number of hydrogen-bond acceptors (Lipinski definition) is 6. The lowest BCUT2D eigenvalue weighted by Gasteiger charge is -2.17. The molecule has 8 nitrogen and oxygen atoms in total. The van der Waals surface area contributed by atoms with Gasteiger partial charge in [-0.25, -0.2) is 0 Å². The number of rotatable bonds is 7. The highest BCUT2D eigenvalue weighted by atomic mass is 16.7. The SMILES string of the molecule is C/C(Nc1ccc(CN(C)Cc2ccc3c(c2)OCO3)cc1)=C1/C(=O)Nc2cc(C(N)=O)ccc21. The van der Waals surface area contributed by atoms with Crippen molar-refractivity contribution in [2.75, 3.05) is 24.5 Å². The van der Waals surface area contributed by atoms with E-state index in [1.165, 1.54) is 5.56 Å². The smallest absolute Gasteiger partial charge is 0.258 e. The van der Waals surface area contributed by atoms with Crippen molar-refractivity contribution in [3.63, 3.8) is 0 Å². The minimum Gasteiger partial charge on any atom is -0.454 e. The molecule has 3 aromatic carbocycles. The van der Waals surface area contributed by atoms with E-state index >= 15 is 0 Å². The summed E-state index contributed by atoms with van der Waals surface area (Å²) in [7, 11) is 2.07. The maximum Gasteiger partial charge on any atom is 0.258 e. The number of allylic oxidation sites excluding steroid dienone is 1. The van der Waals surface area contributed by atoms with Crippen molar-refractivity contribution >= 4 is 28.8 Å². The Morgan fingerprint density at radius 2 is 1.71 bits per heavy atom. The van der Waals surface area contributed by atoms with Gasteiger partial charge in [0.1, 0.15) is 0 Å². The van der Waals surface area contributed by atoms with E-state index in [-0.39, 0.29) is 12.7 Å². The number of fused-ring (bicyclic) bond motifs is 2. The predicted octanol–water partition coefficient (Wildman–Crippen LogP) is 3.94. The van der Waals surface area contributed by atoms with E-state index in [0.717, 1.165) is 47.1 Å². The number of hydrogen-bond donors (Lipinski definition) is 3. The summed E-state index contributed by atoms with van der Waals surface area (Å²) >= 11 is 0. The Kier molecular flexibility index (Phi) is 5.88. The van der Waals surface area contributed by atoms with Crippen molar-refractivity contribution in [3.05, 3.63) is 88.6 Å². The maximum absolute atomic E-state index is 12.6. The van der Waals surface area contributed by atoms with Crippen molar-refractivity contribution in [3.8, 4) is 11.5 Å². The fraction of sp³-hybridized carbons (Fsp3) is 0.185. The molecule has 0 aromatic heterocycles. The quantitative estimate of drug-likeness (QED) is 0.452. The fourth-order valence-electron chi connectivity index (χ4n) is 4.39. The van der Waals surface area contributed by atoms with E-state index in [9.17, 15) is 9.59 Å². The van der Waals surface area contributed by atoms with Gasteiger partial charge in [0.25, 0.3) is 5.91 Å². The number of carbonyl (C=O) groups is 2. The molecule has 5 rings (SSSR count). The molecule has 178 valence electrons. The number of anilines is 2. The summed E-state index contributed by atoms with van der Waals surface area (Å²) in [6, 6.07) is 19.1. The van der Waals surface area contributed by atoms with Crippen LogP contribution in [0.15, 0.2) is 66.4 Å². The van der Waals surface area contributed by atoms with E-state index in [1.807, 2.05) is 31.2 Å². The van der Waals surface area contributed by atoms with Gasteiger partial charge < -0.3 is 25.8 Å². The van der Waals surface area contributed by atoms with Crippen LogP contribution in [-0.2, 0) is 17.9 Å².